The molecule has 2 amide bonds. The van der Waals surface area contributed by atoms with Crippen molar-refractivity contribution in [2.45, 2.75) is 38.4 Å². The van der Waals surface area contributed by atoms with Gasteiger partial charge in [-0.1, -0.05) is 11.8 Å². The molecule has 1 aliphatic rings. The van der Waals surface area contributed by atoms with Gasteiger partial charge in [0.1, 0.15) is 5.82 Å². The number of primary amides is 1. The van der Waals surface area contributed by atoms with Gasteiger partial charge in [0, 0.05) is 25.4 Å². The molecular formula is C15H26N6O2S. The molecule has 0 radical (unpaired) electrons. The Hall–Kier alpha value is -1.61. The van der Waals surface area contributed by atoms with E-state index in [0.717, 1.165) is 42.7 Å². The van der Waals surface area contributed by atoms with E-state index in [9.17, 15) is 9.59 Å². The number of hydrogen-bond acceptors (Lipinski definition) is 6. The van der Waals surface area contributed by atoms with Crippen LogP contribution in [0.5, 0.6) is 0 Å². The van der Waals surface area contributed by atoms with Gasteiger partial charge in [-0.25, -0.2) is 0 Å². The molecule has 1 aliphatic heterocycles. The van der Waals surface area contributed by atoms with Crippen LogP contribution in [0.15, 0.2) is 5.16 Å². The minimum absolute atomic E-state index is 0.0536. The van der Waals surface area contributed by atoms with Gasteiger partial charge in [-0.3, -0.25) is 14.5 Å². The van der Waals surface area contributed by atoms with Gasteiger partial charge in [-0.15, -0.1) is 10.2 Å². The zero-order chi connectivity index (χ0) is 17.5. The Labute approximate surface area is 146 Å². The number of piperidine rings is 1. The first kappa shape index (κ1) is 18.7. The van der Waals surface area contributed by atoms with Crippen molar-refractivity contribution >= 4 is 23.6 Å². The number of amides is 2. The van der Waals surface area contributed by atoms with E-state index in [1.807, 2.05) is 11.8 Å². The molecule has 0 unspecified atom stereocenters. The van der Waals surface area contributed by atoms with Crippen LogP contribution < -0.4 is 11.1 Å². The summed E-state index contributed by atoms with van der Waals surface area (Å²) in [5, 5.41) is 12.1. The fourth-order valence-electron chi connectivity index (χ4n) is 2.93. The highest BCUT2D eigenvalue weighted by Gasteiger charge is 2.26. The van der Waals surface area contributed by atoms with Gasteiger partial charge >= 0.3 is 0 Å². The average molecular weight is 354 g/mol. The van der Waals surface area contributed by atoms with E-state index < -0.39 is 0 Å². The molecule has 0 bridgehead atoms. The highest BCUT2D eigenvalue weighted by molar-refractivity contribution is 7.99. The second-order valence-electron chi connectivity index (χ2n) is 5.95. The van der Waals surface area contributed by atoms with E-state index in [2.05, 4.69) is 27.0 Å². The van der Waals surface area contributed by atoms with Gasteiger partial charge < -0.3 is 15.6 Å². The monoisotopic (exact) mass is 354 g/mol. The van der Waals surface area contributed by atoms with Gasteiger partial charge in [0.2, 0.25) is 11.8 Å². The molecule has 8 nitrogen and oxygen atoms in total. The maximum atomic E-state index is 12.3. The molecule has 0 saturated carbocycles. The molecular weight excluding hydrogens is 328 g/mol. The molecule has 3 N–H and O–H groups in total. The smallest absolute Gasteiger partial charge is 0.231 e. The number of aromatic nitrogens is 3. The summed E-state index contributed by atoms with van der Waals surface area (Å²) in [6.07, 6.45) is 1.77. The number of nitrogens with one attached hydrogen (secondary N) is 1. The number of hydrogen-bond donors (Lipinski definition) is 2. The van der Waals surface area contributed by atoms with E-state index >= 15 is 0 Å². The quantitative estimate of drug-likeness (QED) is 0.503. The van der Waals surface area contributed by atoms with Crippen molar-refractivity contribution in [3.05, 3.63) is 5.82 Å². The Morgan fingerprint density at radius 3 is 2.92 bits per heavy atom. The Bertz CT molecular complexity index is 576. The summed E-state index contributed by atoms with van der Waals surface area (Å²) < 4.78 is 2.05. The predicted octanol–water partition coefficient (Wildman–Crippen LogP) is 0.0120. The van der Waals surface area contributed by atoms with Crippen LogP contribution >= 0.6 is 11.8 Å². The molecule has 1 saturated heterocycles. The molecule has 0 spiro atoms. The molecule has 24 heavy (non-hydrogen) atoms. The molecule has 1 aromatic heterocycles. The summed E-state index contributed by atoms with van der Waals surface area (Å²) in [6, 6.07) is 0. The molecule has 9 heteroatoms. The summed E-state index contributed by atoms with van der Waals surface area (Å²) in [4.78, 5) is 25.2. The van der Waals surface area contributed by atoms with Gasteiger partial charge in [0.25, 0.3) is 0 Å². The zero-order valence-corrected chi connectivity index (χ0v) is 15.1. The van der Waals surface area contributed by atoms with Crippen molar-refractivity contribution in [1.82, 2.24) is 25.0 Å². The van der Waals surface area contributed by atoms with Gasteiger partial charge in [0.15, 0.2) is 5.16 Å². The normalized spacial score (nSPS) is 18.5. The van der Waals surface area contributed by atoms with Crippen LogP contribution in [-0.4, -0.2) is 63.4 Å². The predicted molar refractivity (Wildman–Crippen MR) is 92.5 cm³/mol. The number of carbonyl (C=O) groups excluding carboxylic acids is 2. The molecule has 0 aromatic carbocycles. The number of nitrogens with zero attached hydrogens (tertiary/aromatic N) is 4. The van der Waals surface area contributed by atoms with Gasteiger partial charge in [0.05, 0.1) is 12.5 Å². The fraction of sp³-hybridized carbons (Fsp3) is 0.733. The van der Waals surface area contributed by atoms with Crippen LogP contribution in [0, 0.1) is 12.8 Å². The first-order valence-corrected chi connectivity index (χ1v) is 9.30. The number of nitrogens with two attached hydrogens (primary N) is 1. The second-order valence-corrected chi connectivity index (χ2v) is 7.02. The molecule has 0 aliphatic carbocycles. The Balaban J connectivity index is 1.71. The van der Waals surface area contributed by atoms with E-state index in [0.29, 0.717) is 13.1 Å². The summed E-state index contributed by atoms with van der Waals surface area (Å²) in [5.41, 5.74) is 5.23. The lowest BCUT2D eigenvalue weighted by molar-refractivity contribution is -0.128. The molecule has 2 rings (SSSR count). The molecule has 1 atom stereocenters. The van der Waals surface area contributed by atoms with E-state index in [4.69, 9.17) is 5.73 Å². The highest BCUT2D eigenvalue weighted by Crippen LogP contribution is 2.17. The first-order valence-electron chi connectivity index (χ1n) is 8.32. The van der Waals surface area contributed by atoms with Crippen molar-refractivity contribution in [3.8, 4) is 0 Å². The summed E-state index contributed by atoms with van der Waals surface area (Å²) >= 11 is 1.59. The summed E-state index contributed by atoms with van der Waals surface area (Å²) in [5.74, 6) is 1.30. The number of thioether (sulfide) groups is 1. The second kappa shape index (κ2) is 9.03. The van der Waals surface area contributed by atoms with Crippen LogP contribution in [0.2, 0.25) is 0 Å². The van der Waals surface area contributed by atoms with Crippen molar-refractivity contribution in [2.24, 2.45) is 11.7 Å². The Morgan fingerprint density at radius 2 is 2.21 bits per heavy atom. The zero-order valence-electron chi connectivity index (χ0n) is 14.3. The maximum absolute atomic E-state index is 12.3. The average Bonchev–Trinajstić information content (AvgIpc) is 2.91. The Morgan fingerprint density at radius 1 is 1.42 bits per heavy atom. The summed E-state index contributed by atoms with van der Waals surface area (Å²) in [7, 11) is 0. The fourth-order valence-corrected chi connectivity index (χ4v) is 3.83. The lowest BCUT2D eigenvalue weighted by atomic mass is 9.97. The van der Waals surface area contributed by atoms with Gasteiger partial charge in [-0.2, -0.15) is 0 Å². The van der Waals surface area contributed by atoms with E-state index in [-0.39, 0.29) is 24.3 Å². The third-order valence-electron chi connectivity index (χ3n) is 4.11. The first-order chi connectivity index (χ1) is 11.5. The van der Waals surface area contributed by atoms with E-state index in [1.54, 1.807) is 11.8 Å². The standard InChI is InChI=1S/C15H26N6O2S/c1-3-21-11(2)18-19-15(21)24-8-6-17-14(23)12-5-4-7-20(9-12)10-13(16)22/h12H,3-10H2,1-2H3,(H2,16,22)(H,17,23)/t12-/m1/s1. The largest absolute Gasteiger partial charge is 0.369 e. The van der Waals surface area contributed by atoms with Crippen molar-refractivity contribution in [3.63, 3.8) is 0 Å². The summed E-state index contributed by atoms with van der Waals surface area (Å²) in [6.45, 7) is 7.08. The molecule has 2 heterocycles. The Kier molecular flexibility index (Phi) is 7.04. The SMILES string of the molecule is CCn1c(C)nnc1SCCNC(=O)[C@@H]1CCCN(CC(N)=O)C1. The number of carbonyl (C=O) groups is 2. The molecule has 134 valence electrons. The minimum atomic E-state index is -0.345. The van der Waals surface area contributed by atoms with Crippen molar-refractivity contribution < 1.29 is 9.59 Å². The van der Waals surface area contributed by atoms with E-state index in [1.165, 1.54) is 0 Å². The number of likely N-dealkylation sites (tertiary alicyclic amines) is 1. The topological polar surface area (TPSA) is 106 Å². The third kappa shape index (κ3) is 5.20. The van der Waals surface area contributed by atoms with Crippen LogP contribution in [0.25, 0.3) is 0 Å². The number of rotatable bonds is 8. The van der Waals surface area contributed by atoms with Gasteiger partial charge in [-0.05, 0) is 33.2 Å². The van der Waals surface area contributed by atoms with Crippen LogP contribution in [0.1, 0.15) is 25.6 Å². The lowest BCUT2D eigenvalue weighted by Gasteiger charge is -2.30. The highest BCUT2D eigenvalue weighted by atomic mass is 32.2. The molecule has 1 fully saturated rings. The minimum Gasteiger partial charge on any atom is -0.369 e. The van der Waals surface area contributed by atoms with Crippen molar-refractivity contribution in [2.75, 3.05) is 31.9 Å². The lowest BCUT2D eigenvalue weighted by Crippen LogP contribution is -2.46. The molecule has 1 aromatic rings. The van der Waals surface area contributed by atoms with Crippen LogP contribution in [0.3, 0.4) is 0 Å². The third-order valence-corrected chi connectivity index (χ3v) is 5.07. The van der Waals surface area contributed by atoms with Crippen molar-refractivity contribution in [1.29, 1.82) is 0 Å². The maximum Gasteiger partial charge on any atom is 0.231 e. The van der Waals surface area contributed by atoms with Crippen LogP contribution in [0.4, 0.5) is 0 Å². The van der Waals surface area contributed by atoms with Crippen LogP contribution in [-0.2, 0) is 16.1 Å². The number of aryl methyl sites for hydroxylation is 1.